The third-order valence-electron chi connectivity index (χ3n) is 3.54. The third-order valence-corrected chi connectivity index (χ3v) is 4.63. The number of nitrogens with zero attached hydrogens (tertiary/aromatic N) is 3. The van der Waals surface area contributed by atoms with E-state index in [1.807, 2.05) is 17.2 Å². The van der Waals surface area contributed by atoms with Crippen molar-refractivity contribution in [2.45, 2.75) is 25.8 Å². The molecule has 7 heteroatoms. The lowest BCUT2D eigenvalue weighted by molar-refractivity contribution is 0.207. The minimum absolute atomic E-state index is 0.0746. The molecular formula is C14H15ClN4OS. The van der Waals surface area contributed by atoms with E-state index < -0.39 is 0 Å². The Labute approximate surface area is 132 Å². The van der Waals surface area contributed by atoms with Gasteiger partial charge >= 0.3 is 6.03 Å². The predicted octanol–water partition coefficient (Wildman–Crippen LogP) is 3.87. The second-order valence-electron chi connectivity index (χ2n) is 4.92. The highest BCUT2D eigenvalue weighted by molar-refractivity contribution is 7.09. The largest absolute Gasteiger partial charge is 0.322 e. The maximum Gasteiger partial charge on any atom is 0.322 e. The van der Waals surface area contributed by atoms with Gasteiger partial charge in [-0.25, -0.2) is 14.8 Å². The van der Waals surface area contributed by atoms with E-state index in [0.717, 1.165) is 24.4 Å². The number of anilines is 1. The SMILES string of the molecule is Cc1nc(Cl)ccc1NC(=O)N1CCC[C@@H]1c1nccs1. The fourth-order valence-electron chi connectivity index (χ4n) is 2.52. The van der Waals surface area contributed by atoms with Crippen molar-refractivity contribution >= 4 is 34.7 Å². The van der Waals surface area contributed by atoms with E-state index in [1.165, 1.54) is 0 Å². The minimum Gasteiger partial charge on any atom is -0.315 e. The monoisotopic (exact) mass is 322 g/mol. The minimum atomic E-state index is -0.111. The first-order chi connectivity index (χ1) is 10.1. The van der Waals surface area contributed by atoms with Crippen LogP contribution >= 0.6 is 22.9 Å². The highest BCUT2D eigenvalue weighted by Gasteiger charge is 2.31. The van der Waals surface area contributed by atoms with Crippen molar-refractivity contribution in [3.63, 3.8) is 0 Å². The Bertz CT molecular complexity index is 646. The lowest BCUT2D eigenvalue weighted by Gasteiger charge is -2.23. The van der Waals surface area contributed by atoms with Crippen molar-refractivity contribution in [2.24, 2.45) is 0 Å². The van der Waals surface area contributed by atoms with Gasteiger partial charge in [-0.05, 0) is 31.9 Å². The smallest absolute Gasteiger partial charge is 0.315 e. The molecule has 0 aliphatic carbocycles. The number of aromatic nitrogens is 2. The Hall–Kier alpha value is -1.66. The van der Waals surface area contributed by atoms with Crippen LogP contribution in [0.2, 0.25) is 5.15 Å². The maximum absolute atomic E-state index is 12.5. The molecule has 1 aliphatic rings. The van der Waals surface area contributed by atoms with Gasteiger partial charge < -0.3 is 10.2 Å². The molecule has 1 N–H and O–H groups in total. The zero-order valence-corrected chi connectivity index (χ0v) is 13.1. The number of carbonyl (C=O) groups is 1. The summed E-state index contributed by atoms with van der Waals surface area (Å²) in [6.07, 6.45) is 3.73. The fourth-order valence-corrected chi connectivity index (χ4v) is 3.49. The third kappa shape index (κ3) is 3.01. The van der Waals surface area contributed by atoms with Gasteiger partial charge in [-0.2, -0.15) is 0 Å². The summed E-state index contributed by atoms with van der Waals surface area (Å²) >= 11 is 7.42. The normalized spacial score (nSPS) is 18.0. The van der Waals surface area contributed by atoms with E-state index >= 15 is 0 Å². The molecule has 1 saturated heterocycles. The molecule has 110 valence electrons. The number of nitrogens with one attached hydrogen (secondary N) is 1. The van der Waals surface area contributed by atoms with E-state index in [4.69, 9.17) is 11.6 Å². The Kier molecular flexibility index (Phi) is 4.07. The Balaban J connectivity index is 1.75. The average Bonchev–Trinajstić information content (AvgIpc) is 3.10. The summed E-state index contributed by atoms with van der Waals surface area (Å²) < 4.78 is 0. The first-order valence-electron chi connectivity index (χ1n) is 6.75. The van der Waals surface area contributed by atoms with Crippen LogP contribution in [0.25, 0.3) is 0 Å². The summed E-state index contributed by atoms with van der Waals surface area (Å²) in [6, 6.07) is 3.41. The summed E-state index contributed by atoms with van der Waals surface area (Å²) in [4.78, 5) is 22.8. The maximum atomic E-state index is 12.5. The molecule has 0 spiro atoms. The van der Waals surface area contributed by atoms with Gasteiger partial charge in [-0.3, -0.25) is 0 Å². The number of urea groups is 1. The molecule has 2 amide bonds. The molecule has 0 unspecified atom stereocenters. The van der Waals surface area contributed by atoms with E-state index in [9.17, 15) is 4.79 Å². The Morgan fingerprint density at radius 1 is 1.52 bits per heavy atom. The Morgan fingerprint density at radius 3 is 3.10 bits per heavy atom. The lowest BCUT2D eigenvalue weighted by atomic mass is 10.2. The van der Waals surface area contributed by atoms with Crippen LogP contribution in [0.1, 0.15) is 29.6 Å². The van der Waals surface area contributed by atoms with Crippen molar-refractivity contribution in [3.8, 4) is 0 Å². The highest BCUT2D eigenvalue weighted by atomic mass is 35.5. The van der Waals surface area contributed by atoms with Crippen molar-refractivity contribution in [1.29, 1.82) is 0 Å². The second-order valence-corrected chi connectivity index (χ2v) is 6.23. The van der Waals surface area contributed by atoms with E-state index in [0.29, 0.717) is 16.5 Å². The summed E-state index contributed by atoms with van der Waals surface area (Å²) in [5.74, 6) is 0. The van der Waals surface area contributed by atoms with Crippen LogP contribution in [0.3, 0.4) is 0 Å². The quantitative estimate of drug-likeness (QED) is 0.854. The summed E-state index contributed by atoms with van der Waals surface area (Å²) in [6.45, 7) is 2.57. The summed E-state index contributed by atoms with van der Waals surface area (Å²) in [7, 11) is 0. The molecule has 1 fully saturated rings. The number of carbonyl (C=O) groups excluding carboxylic acids is 1. The summed E-state index contributed by atoms with van der Waals surface area (Å²) in [5, 5.41) is 6.27. The van der Waals surface area contributed by atoms with Crippen LogP contribution in [0.4, 0.5) is 10.5 Å². The Morgan fingerprint density at radius 2 is 2.38 bits per heavy atom. The molecule has 21 heavy (non-hydrogen) atoms. The standard InChI is InChI=1S/C14H15ClN4OS/c1-9-10(4-5-12(15)17-9)18-14(20)19-7-2-3-11(19)13-16-6-8-21-13/h4-6,8,11H,2-3,7H2,1H3,(H,18,20)/t11-/m1/s1. The number of hydrogen-bond donors (Lipinski definition) is 1. The van der Waals surface area contributed by atoms with Gasteiger partial charge in [0.2, 0.25) is 0 Å². The number of halogens is 1. The lowest BCUT2D eigenvalue weighted by Crippen LogP contribution is -2.34. The highest BCUT2D eigenvalue weighted by Crippen LogP contribution is 2.33. The molecule has 5 nitrogen and oxygen atoms in total. The van der Waals surface area contributed by atoms with Gasteiger partial charge in [0.1, 0.15) is 10.2 Å². The van der Waals surface area contributed by atoms with Crippen LogP contribution in [0, 0.1) is 6.92 Å². The molecule has 2 aromatic heterocycles. The van der Waals surface area contributed by atoms with Crippen molar-refractivity contribution < 1.29 is 4.79 Å². The van der Waals surface area contributed by atoms with Crippen molar-refractivity contribution in [3.05, 3.63) is 39.6 Å². The molecule has 0 radical (unpaired) electrons. The molecule has 0 bridgehead atoms. The van der Waals surface area contributed by atoms with Crippen LogP contribution in [-0.4, -0.2) is 27.4 Å². The van der Waals surface area contributed by atoms with Gasteiger partial charge in [0.15, 0.2) is 0 Å². The number of aryl methyl sites for hydroxylation is 1. The summed E-state index contributed by atoms with van der Waals surface area (Å²) in [5.41, 5.74) is 1.40. The van der Waals surface area contributed by atoms with Gasteiger partial charge in [-0.1, -0.05) is 11.6 Å². The molecule has 1 atom stereocenters. The topological polar surface area (TPSA) is 58.1 Å². The molecule has 3 rings (SSSR count). The molecule has 0 saturated carbocycles. The van der Waals surface area contributed by atoms with E-state index in [2.05, 4.69) is 15.3 Å². The van der Waals surface area contributed by atoms with Gasteiger partial charge in [-0.15, -0.1) is 11.3 Å². The molecule has 3 heterocycles. The first-order valence-corrected chi connectivity index (χ1v) is 8.01. The van der Waals surface area contributed by atoms with Crippen LogP contribution in [-0.2, 0) is 0 Å². The molecule has 2 aromatic rings. The zero-order valence-electron chi connectivity index (χ0n) is 11.5. The number of rotatable bonds is 2. The van der Waals surface area contributed by atoms with Gasteiger partial charge in [0.25, 0.3) is 0 Å². The fraction of sp³-hybridized carbons (Fsp3) is 0.357. The molecule has 1 aliphatic heterocycles. The number of amides is 2. The zero-order chi connectivity index (χ0) is 14.8. The average molecular weight is 323 g/mol. The van der Waals surface area contributed by atoms with E-state index in [-0.39, 0.29) is 12.1 Å². The number of likely N-dealkylation sites (tertiary alicyclic amines) is 1. The van der Waals surface area contributed by atoms with Gasteiger partial charge in [0, 0.05) is 18.1 Å². The van der Waals surface area contributed by atoms with Crippen LogP contribution < -0.4 is 5.32 Å². The van der Waals surface area contributed by atoms with Crippen LogP contribution in [0.5, 0.6) is 0 Å². The van der Waals surface area contributed by atoms with E-state index in [1.54, 1.807) is 29.7 Å². The predicted molar refractivity (Wildman–Crippen MR) is 83.8 cm³/mol. The number of pyridine rings is 1. The van der Waals surface area contributed by atoms with Crippen molar-refractivity contribution in [2.75, 3.05) is 11.9 Å². The number of thiazole rings is 1. The molecular weight excluding hydrogens is 308 g/mol. The first kappa shape index (κ1) is 14.3. The number of hydrogen-bond acceptors (Lipinski definition) is 4. The molecule has 0 aromatic carbocycles. The second kappa shape index (κ2) is 5.99. The van der Waals surface area contributed by atoms with Crippen molar-refractivity contribution in [1.82, 2.24) is 14.9 Å². The van der Waals surface area contributed by atoms with Gasteiger partial charge in [0.05, 0.1) is 17.4 Å². The van der Waals surface area contributed by atoms with Crippen LogP contribution in [0.15, 0.2) is 23.7 Å².